The Morgan fingerprint density at radius 2 is 0.642 bits per heavy atom. The van der Waals surface area contributed by atoms with Crippen LogP contribution in [0.15, 0.2) is 0 Å². The van der Waals surface area contributed by atoms with Crippen molar-refractivity contribution in [1.29, 1.82) is 0 Å². The molecule has 67 heavy (non-hydrogen) atoms. The Balaban J connectivity index is 3.85. The van der Waals surface area contributed by atoms with E-state index in [4.69, 9.17) is 24.3 Å². The molecule has 400 valence electrons. The van der Waals surface area contributed by atoms with Gasteiger partial charge in [-0.2, -0.15) is 0 Å². The van der Waals surface area contributed by atoms with Crippen LogP contribution in [0.2, 0.25) is 0 Å². The van der Waals surface area contributed by atoms with Crippen molar-refractivity contribution in [3.05, 3.63) is 0 Å². The summed E-state index contributed by atoms with van der Waals surface area (Å²) < 4.78 is 33.0. The maximum absolute atomic E-state index is 12.7. The second-order valence-corrected chi connectivity index (χ2v) is 21.7. The van der Waals surface area contributed by atoms with E-state index in [9.17, 15) is 19.0 Å². The second kappa shape index (κ2) is 54.3. The van der Waals surface area contributed by atoms with Crippen LogP contribution >= 0.6 is 7.82 Å². The van der Waals surface area contributed by atoms with Crippen LogP contribution in [0.25, 0.3) is 0 Å². The predicted octanol–water partition coefficient (Wildman–Crippen LogP) is 18.3. The van der Waals surface area contributed by atoms with Crippen LogP contribution < -0.4 is 5.73 Å². The normalized spacial score (nSPS) is 13.0. The molecule has 0 rings (SSSR count). The molecule has 0 radical (unpaired) electrons. The number of rotatable bonds is 57. The van der Waals surface area contributed by atoms with Crippen molar-refractivity contribution in [2.24, 2.45) is 5.73 Å². The summed E-state index contributed by atoms with van der Waals surface area (Å²) >= 11 is 0. The second-order valence-electron chi connectivity index (χ2n) is 20.2. The molecule has 0 aliphatic rings. The molecular formula is C57H114NO8P. The molecule has 2 atom stereocenters. The monoisotopic (exact) mass is 972 g/mol. The lowest BCUT2D eigenvalue weighted by Crippen LogP contribution is -2.29. The van der Waals surface area contributed by atoms with Gasteiger partial charge in [-0.3, -0.25) is 18.6 Å². The molecule has 0 aliphatic heterocycles. The Kier molecular flexibility index (Phi) is 53.5. The molecule has 2 unspecified atom stereocenters. The van der Waals surface area contributed by atoms with Gasteiger partial charge in [-0.25, -0.2) is 4.57 Å². The number of unbranched alkanes of at least 4 members (excludes halogenated alkanes) is 44. The largest absolute Gasteiger partial charge is 0.472 e. The first kappa shape index (κ1) is 66.0. The molecule has 0 aromatic rings. The summed E-state index contributed by atoms with van der Waals surface area (Å²) in [6.45, 7) is 3.82. The molecule has 0 saturated carbocycles. The third-order valence-electron chi connectivity index (χ3n) is 13.5. The van der Waals surface area contributed by atoms with Gasteiger partial charge in [0.2, 0.25) is 0 Å². The first-order valence-corrected chi connectivity index (χ1v) is 31.0. The Hall–Kier alpha value is -0.990. The van der Waals surface area contributed by atoms with Crippen LogP contribution in [-0.4, -0.2) is 49.3 Å². The zero-order chi connectivity index (χ0) is 48.8. The van der Waals surface area contributed by atoms with E-state index >= 15 is 0 Å². The smallest absolute Gasteiger partial charge is 0.462 e. The maximum atomic E-state index is 12.7. The number of carbonyl (C=O) groups is 2. The third kappa shape index (κ3) is 54.2. The number of phosphoric ester groups is 1. The summed E-state index contributed by atoms with van der Waals surface area (Å²) in [4.78, 5) is 35.1. The molecule has 10 heteroatoms. The van der Waals surface area contributed by atoms with E-state index < -0.39 is 26.5 Å². The lowest BCUT2D eigenvalue weighted by molar-refractivity contribution is -0.161. The lowest BCUT2D eigenvalue weighted by Gasteiger charge is -2.19. The minimum atomic E-state index is -4.38. The van der Waals surface area contributed by atoms with Gasteiger partial charge >= 0.3 is 19.8 Å². The van der Waals surface area contributed by atoms with E-state index in [1.165, 1.54) is 257 Å². The standard InChI is InChI=1S/C57H114NO8P/c1-3-5-7-9-11-13-15-17-19-21-22-23-24-25-26-27-28-29-30-31-32-34-36-38-40-42-44-46-48-50-57(60)66-55(54-65-67(61,62)64-52-51-58)53-63-56(59)49-47-45-43-41-39-37-35-33-20-18-16-14-12-10-8-6-4-2/h55H,3-54,58H2,1-2H3,(H,61,62). The van der Waals surface area contributed by atoms with Gasteiger partial charge in [0, 0.05) is 19.4 Å². The van der Waals surface area contributed by atoms with E-state index in [2.05, 4.69) is 13.8 Å². The van der Waals surface area contributed by atoms with Gasteiger partial charge < -0.3 is 20.1 Å². The average Bonchev–Trinajstić information content (AvgIpc) is 3.32. The topological polar surface area (TPSA) is 134 Å². The number of hydrogen-bond acceptors (Lipinski definition) is 8. The van der Waals surface area contributed by atoms with Crippen LogP contribution in [0.3, 0.4) is 0 Å². The van der Waals surface area contributed by atoms with Crippen LogP contribution in [0, 0.1) is 0 Å². The summed E-state index contributed by atoms with van der Waals surface area (Å²) in [5, 5.41) is 0. The summed E-state index contributed by atoms with van der Waals surface area (Å²) in [7, 11) is -4.38. The van der Waals surface area contributed by atoms with E-state index in [-0.39, 0.29) is 38.6 Å². The SMILES string of the molecule is CCCCCCCCCCCCCCCCCCCCCCCCCCCCCCCC(=O)OC(COC(=O)CCCCCCCCCCCCCCCCCCC)COP(=O)(O)OCCN. The molecule has 0 amide bonds. The van der Waals surface area contributed by atoms with Crippen LogP contribution in [-0.2, 0) is 32.7 Å². The number of nitrogens with two attached hydrogens (primary N) is 1. The molecular weight excluding hydrogens is 858 g/mol. The number of hydrogen-bond donors (Lipinski definition) is 2. The molecule has 3 N–H and O–H groups in total. The Labute approximate surface area is 416 Å². The van der Waals surface area contributed by atoms with E-state index in [0.717, 1.165) is 32.1 Å². The fourth-order valence-electron chi connectivity index (χ4n) is 9.11. The number of phosphoric acid groups is 1. The average molecular weight is 973 g/mol. The van der Waals surface area contributed by atoms with Gasteiger partial charge in [0.1, 0.15) is 6.61 Å². The van der Waals surface area contributed by atoms with Crippen molar-refractivity contribution < 1.29 is 37.6 Å². The first-order valence-electron chi connectivity index (χ1n) is 29.5. The molecule has 0 saturated heterocycles. The fraction of sp³-hybridized carbons (Fsp3) is 0.965. The van der Waals surface area contributed by atoms with Gasteiger partial charge in [0.05, 0.1) is 13.2 Å². The Bertz CT molecular complexity index is 1060. The maximum Gasteiger partial charge on any atom is 0.472 e. The van der Waals surface area contributed by atoms with Crippen LogP contribution in [0.4, 0.5) is 0 Å². The number of carbonyl (C=O) groups excluding carboxylic acids is 2. The minimum Gasteiger partial charge on any atom is -0.462 e. The van der Waals surface area contributed by atoms with Crippen molar-refractivity contribution >= 4 is 19.8 Å². The molecule has 0 aromatic heterocycles. The summed E-state index contributed by atoms with van der Waals surface area (Å²) in [6, 6.07) is 0. The molecule has 0 bridgehead atoms. The molecule has 0 spiro atoms. The van der Waals surface area contributed by atoms with E-state index in [1.807, 2.05) is 0 Å². The van der Waals surface area contributed by atoms with Crippen LogP contribution in [0.5, 0.6) is 0 Å². The van der Waals surface area contributed by atoms with E-state index in [0.29, 0.717) is 6.42 Å². The van der Waals surface area contributed by atoms with Crippen molar-refractivity contribution in [2.75, 3.05) is 26.4 Å². The number of esters is 2. The van der Waals surface area contributed by atoms with Crippen molar-refractivity contribution in [3.8, 4) is 0 Å². The van der Waals surface area contributed by atoms with Gasteiger partial charge in [-0.1, -0.05) is 296 Å². The van der Waals surface area contributed by atoms with E-state index in [1.54, 1.807) is 0 Å². The lowest BCUT2D eigenvalue weighted by atomic mass is 10.0. The highest BCUT2D eigenvalue weighted by Crippen LogP contribution is 2.43. The van der Waals surface area contributed by atoms with Gasteiger partial charge in [-0.05, 0) is 12.8 Å². The fourth-order valence-corrected chi connectivity index (χ4v) is 9.88. The minimum absolute atomic E-state index is 0.0586. The zero-order valence-electron chi connectivity index (χ0n) is 44.7. The third-order valence-corrected chi connectivity index (χ3v) is 14.5. The summed E-state index contributed by atoms with van der Waals surface area (Å²) in [5.41, 5.74) is 5.38. The molecule has 0 aliphatic carbocycles. The molecule has 0 fully saturated rings. The summed E-state index contributed by atoms with van der Waals surface area (Å²) in [5.74, 6) is -0.803. The summed E-state index contributed by atoms with van der Waals surface area (Å²) in [6.07, 6.45) is 60.3. The van der Waals surface area contributed by atoms with Crippen LogP contribution in [0.1, 0.15) is 322 Å². The van der Waals surface area contributed by atoms with Gasteiger partial charge in [0.15, 0.2) is 6.10 Å². The Morgan fingerprint density at radius 3 is 0.910 bits per heavy atom. The molecule has 0 heterocycles. The quantitative estimate of drug-likeness (QED) is 0.0347. The highest BCUT2D eigenvalue weighted by atomic mass is 31.2. The Morgan fingerprint density at radius 1 is 0.388 bits per heavy atom. The molecule has 9 nitrogen and oxygen atoms in total. The van der Waals surface area contributed by atoms with Gasteiger partial charge in [0.25, 0.3) is 0 Å². The van der Waals surface area contributed by atoms with Crippen molar-refractivity contribution in [1.82, 2.24) is 0 Å². The van der Waals surface area contributed by atoms with Gasteiger partial charge in [-0.15, -0.1) is 0 Å². The zero-order valence-corrected chi connectivity index (χ0v) is 45.6. The van der Waals surface area contributed by atoms with Crippen molar-refractivity contribution in [3.63, 3.8) is 0 Å². The molecule has 0 aromatic carbocycles. The van der Waals surface area contributed by atoms with Crippen molar-refractivity contribution in [2.45, 2.75) is 328 Å². The number of ether oxygens (including phenoxy) is 2. The highest BCUT2D eigenvalue weighted by Gasteiger charge is 2.26. The first-order chi connectivity index (χ1) is 32.8. The highest BCUT2D eigenvalue weighted by molar-refractivity contribution is 7.47. The predicted molar refractivity (Wildman–Crippen MR) is 285 cm³/mol.